The number of imide groups is 1. The third kappa shape index (κ3) is 5.06. The molecule has 0 aliphatic carbocycles. The van der Waals surface area contributed by atoms with Crippen molar-refractivity contribution < 1.29 is 23.3 Å². The zero-order chi connectivity index (χ0) is 20.0. The Morgan fingerprint density at radius 1 is 1.15 bits per heavy atom. The van der Waals surface area contributed by atoms with E-state index in [1.807, 2.05) is 6.92 Å². The van der Waals surface area contributed by atoms with Gasteiger partial charge in [0.05, 0.1) is 4.92 Å². The highest BCUT2D eigenvalue weighted by molar-refractivity contribution is 6.08. The molecular formula is C18H17F2N3O4. The van der Waals surface area contributed by atoms with Crippen molar-refractivity contribution in [3.05, 3.63) is 69.3 Å². The maximum atomic E-state index is 13.6. The molecule has 27 heavy (non-hydrogen) atoms. The minimum Gasteiger partial charge on any atom is -0.302 e. The fourth-order valence-electron chi connectivity index (χ4n) is 2.40. The van der Waals surface area contributed by atoms with Gasteiger partial charge in [0, 0.05) is 6.07 Å². The fraction of sp³-hybridized carbons (Fsp3) is 0.222. The van der Waals surface area contributed by atoms with Gasteiger partial charge in [0.25, 0.3) is 11.6 Å². The van der Waals surface area contributed by atoms with Gasteiger partial charge in [-0.3, -0.25) is 20.2 Å². The lowest BCUT2D eigenvalue weighted by Crippen LogP contribution is -2.35. The molecule has 9 heteroatoms. The second-order valence-electron chi connectivity index (χ2n) is 5.72. The molecule has 0 fully saturated rings. The van der Waals surface area contributed by atoms with Gasteiger partial charge in [-0.2, -0.15) is 0 Å². The lowest BCUT2D eigenvalue weighted by atomic mass is 10.1. The van der Waals surface area contributed by atoms with Crippen LogP contribution in [-0.2, 0) is 6.42 Å². The van der Waals surface area contributed by atoms with E-state index in [9.17, 15) is 28.5 Å². The van der Waals surface area contributed by atoms with Crippen molar-refractivity contribution in [1.29, 1.82) is 0 Å². The highest BCUT2D eigenvalue weighted by atomic mass is 19.1. The molecule has 0 atom stereocenters. The highest BCUT2D eigenvalue weighted by Gasteiger charge is 2.21. The van der Waals surface area contributed by atoms with Crippen LogP contribution in [0, 0.1) is 21.7 Å². The number of carbonyl (C=O) groups excluding carboxylic acids is 2. The number of amides is 3. The van der Waals surface area contributed by atoms with Gasteiger partial charge in [-0.25, -0.2) is 13.6 Å². The lowest BCUT2D eigenvalue weighted by molar-refractivity contribution is -0.384. The average Bonchev–Trinajstić information content (AvgIpc) is 2.60. The summed E-state index contributed by atoms with van der Waals surface area (Å²) in [5.41, 5.74) is -0.668. The summed E-state index contributed by atoms with van der Waals surface area (Å²) < 4.78 is 27.1. The highest BCUT2D eigenvalue weighted by Crippen LogP contribution is 2.26. The first-order chi connectivity index (χ1) is 12.8. The van der Waals surface area contributed by atoms with E-state index in [0.29, 0.717) is 6.42 Å². The van der Waals surface area contributed by atoms with Crippen molar-refractivity contribution in [3.63, 3.8) is 0 Å². The zero-order valence-corrected chi connectivity index (χ0v) is 14.4. The predicted molar refractivity (Wildman–Crippen MR) is 94.6 cm³/mol. The van der Waals surface area contributed by atoms with Crippen LogP contribution >= 0.6 is 0 Å². The van der Waals surface area contributed by atoms with Gasteiger partial charge < -0.3 is 5.32 Å². The van der Waals surface area contributed by atoms with Gasteiger partial charge in [-0.15, -0.1) is 0 Å². The van der Waals surface area contributed by atoms with Crippen LogP contribution in [0.3, 0.4) is 0 Å². The Morgan fingerprint density at radius 3 is 2.41 bits per heavy atom. The summed E-state index contributed by atoms with van der Waals surface area (Å²) in [7, 11) is 0. The first-order valence-corrected chi connectivity index (χ1v) is 8.17. The van der Waals surface area contributed by atoms with Gasteiger partial charge in [0.2, 0.25) is 0 Å². The minimum absolute atomic E-state index is 0.139. The molecule has 2 aromatic carbocycles. The average molecular weight is 377 g/mol. The smallest absolute Gasteiger partial charge is 0.302 e. The normalized spacial score (nSPS) is 10.3. The number of nitro benzene ring substituents is 1. The molecule has 0 spiro atoms. The molecule has 0 bridgehead atoms. The number of carbonyl (C=O) groups is 2. The van der Waals surface area contributed by atoms with Gasteiger partial charge in [-0.05, 0) is 36.6 Å². The summed E-state index contributed by atoms with van der Waals surface area (Å²) >= 11 is 0. The molecule has 0 radical (unpaired) electrons. The van der Waals surface area contributed by atoms with Gasteiger partial charge >= 0.3 is 6.03 Å². The fourth-order valence-corrected chi connectivity index (χ4v) is 2.40. The third-order valence-electron chi connectivity index (χ3n) is 3.74. The summed E-state index contributed by atoms with van der Waals surface area (Å²) in [6.07, 6.45) is 2.42. The van der Waals surface area contributed by atoms with Crippen LogP contribution in [-0.4, -0.2) is 16.9 Å². The molecule has 0 aliphatic rings. The van der Waals surface area contributed by atoms with Crippen LogP contribution < -0.4 is 10.6 Å². The second-order valence-corrected chi connectivity index (χ2v) is 5.72. The molecule has 2 N–H and O–H groups in total. The summed E-state index contributed by atoms with van der Waals surface area (Å²) in [6, 6.07) is 5.97. The van der Waals surface area contributed by atoms with Crippen molar-refractivity contribution >= 4 is 23.3 Å². The summed E-state index contributed by atoms with van der Waals surface area (Å²) in [6.45, 7) is 1.99. The van der Waals surface area contributed by atoms with Gasteiger partial charge in [0.15, 0.2) is 0 Å². The molecule has 0 aliphatic heterocycles. The van der Waals surface area contributed by atoms with Gasteiger partial charge in [-0.1, -0.05) is 25.5 Å². The summed E-state index contributed by atoms with van der Waals surface area (Å²) in [5, 5.41) is 15.1. The maximum absolute atomic E-state index is 13.6. The Kier molecular flexibility index (Phi) is 6.53. The summed E-state index contributed by atoms with van der Waals surface area (Å²) in [5.74, 6) is -3.57. The Balaban J connectivity index is 2.15. The maximum Gasteiger partial charge on any atom is 0.326 e. The Bertz CT molecular complexity index is 867. The summed E-state index contributed by atoms with van der Waals surface area (Å²) in [4.78, 5) is 34.4. The molecule has 0 saturated carbocycles. The Morgan fingerprint density at radius 2 is 1.81 bits per heavy atom. The van der Waals surface area contributed by atoms with E-state index in [0.717, 1.165) is 36.6 Å². The van der Waals surface area contributed by atoms with Crippen molar-refractivity contribution in [2.75, 3.05) is 5.32 Å². The molecular weight excluding hydrogens is 360 g/mol. The van der Waals surface area contributed by atoms with E-state index < -0.39 is 34.1 Å². The molecule has 2 rings (SSSR count). The SMILES string of the molecule is CCCCc1ccc(NC(=O)NC(=O)c2c(F)cccc2F)c([N+](=O)[O-])c1. The topological polar surface area (TPSA) is 101 Å². The van der Waals surface area contributed by atoms with E-state index in [-0.39, 0.29) is 11.4 Å². The van der Waals surface area contributed by atoms with Crippen LogP contribution in [0.5, 0.6) is 0 Å². The number of urea groups is 1. The molecule has 0 unspecified atom stereocenters. The van der Waals surface area contributed by atoms with Crippen molar-refractivity contribution in [2.24, 2.45) is 0 Å². The van der Waals surface area contributed by atoms with E-state index in [4.69, 9.17) is 0 Å². The quantitative estimate of drug-likeness (QED) is 0.582. The molecule has 7 nitrogen and oxygen atoms in total. The molecule has 3 amide bonds. The number of halogens is 2. The van der Waals surface area contributed by atoms with Crippen LogP contribution in [0.25, 0.3) is 0 Å². The number of rotatable bonds is 6. The van der Waals surface area contributed by atoms with Crippen LogP contribution in [0.15, 0.2) is 36.4 Å². The number of nitrogens with one attached hydrogen (secondary N) is 2. The van der Waals surface area contributed by atoms with E-state index >= 15 is 0 Å². The first-order valence-electron chi connectivity index (χ1n) is 8.17. The predicted octanol–water partition coefficient (Wildman–Crippen LogP) is 4.18. The van der Waals surface area contributed by atoms with E-state index in [2.05, 4.69) is 5.32 Å². The van der Waals surface area contributed by atoms with Crippen LogP contribution in [0.4, 0.5) is 25.0 Å². The monoisotopic (exact) mass is 377 g/mol. The second kappa shape index (κ2) is 8.84. The van der Waals surface area contributed by atoms with Crippen molar-refractivity contribution in [3.8, 4) is 0 Å². The largest absolute Gasteiger partial charge is 0.326 e. The first kappa shape index (κ1) is 20.0. The van der Waals surface area contributed by atoms with Crippen molar-refractivity contribution in [1.82, 2.24) is 5.32 Å². The number of hydrogen-bond donors (Lipinski definition) is 2. The number of unbranched alkanes of at least 4 members (excludes halogenated alkanes) is 1. The number of nitrogens with zero attached hydrogens (tertiary/aromatic N) is 1. The van der Waals surface area contributed by atoms with Crippen LogP contribution in [0.2, 0.25) is 0 Å². The van der Waals surface area contributed by atoms with Gasteiger partial charge in [0.1, 0.15) is 22.9 Å². The zero-order valence-electron chi connectivity index (χ0n) is 14.4. The standard InChI is InChI=1S/C18H17F2N3O4/c1-2-3-5-11-8-9-14(15(10-11)23(26)27)21-18(25)22-17(24)16-12(19)6-4-7-13(16)20/h4,6-10H,2-3,5H2,1H3,(H2,21,22,24,25). The number of aryl methyl sites for hydroxylation is 1. The molecule has 0 aromatic heterocycles. The Hall–Kier alpha value is -3.36. The number of anilines is 1. The number of benzene rings is 2. The van der Waals surface area contributed by atoms with E-state index in [1.165, 1.54) is 12.1 Å². The molecule has 2 aromatic rings. The molecule has 0 heterocycles. The minimum atomic E-state index is -1.30. The van der Waals surface area contributed by atoms with Crippen LogP contribution in [0.1, 0.15) is 35.7 Å². The molecule has 0 saturated heterocycles. The lowest BCUT2D eigenvalue weighted by Gasteiger charge is -2.09. The Labute approximate surface area is 153 Å². The number of nitro groups is 1. The van der Waals surface area contributed by atoms with E-state index in [1.54, 1.807) is 11.4 Å². The third-order valence-corrected chi connectivity index (χ3v) is 3.74. The molecule has 142 valence electrons. The van der Waals surface area contributed by atoms with Crippen molar-refractivity contribution in [2.45, 2.75) is 26.2 Å². The number of hydrogen-bond acceptors (Lipinski definition) is 4.